The first-order valence-electron chi connectivity index (χ1n) is 9.70. The van der Waals surface area contributed by atoms with Crippen LogP contribution in [0.2, 0.25) is 0 Å². The molecule has 1 unspecified atom stereocenters. The minimum Gasteiger partial charge on any atom is -0.496 e. The molecule has 0 aliphatic carbocycles. The summed E-state index contributed by atoms with van der Waals surface area (Å²) < 4.78 is 16.2. The van der Waals surface area contributed by atoms with Crippen molar-refractivity contribution in [2.24, 2.45) is 0 Å². The highest BCUT2D eigenvalue weighted by molar-refractivity contribution is 5.96. The molecule has 0 spiro atoms. The van der Waals surface area contributed by atoms with Gasteiger partial charge in [-0.25, -0.2) is 9.78 Å². The number of hydrogen-bond donors (Lipinski definition) is 2. The summed E-state index contributed by atoms with van der Waals surface area (Å²) in [4.78, 5) is 28.6. The van der Waals surface area contributed by atoms with E-state index in [0.29, 0.717) is 23.7 Å². The van der Waals surface area contributed by atoms with Gasteiger partial charge in [-0.3, -0.25) is 4.79 Å². The number of carbonyl (C=O) groups is 2. The first kappa shape index (κ1) is 23.0. The van der Waals surface area contributed by atoms with Crippen molar-refractivity contribution in [1.82, 2.24) is 10.3 Å². The van der Waals surface area contributed by atoms with Crippen molar-refractivity contribution in [3.63, 3.8) is 0 Å². The Bertz CT molecular complexity index is 875. The Hall–Kier alpha value is -3.29. The molecule has 0 bridgehead atoms. The molecule has 0 aliphatic heterocycles. The molecule has 162 valence electrons. The lowest BCUT2D eigenvalue weighted by atomic mass is 10.2. The largest absolute Gasteiger partial charge is 0.496 e. The van der Waals surface area contributed by atoms with Crippen molar-refractivity contribution in [2.75, 3.05) is 12.4 Å². The van der Waals surface area contributed by atoms with Crippen LogP contribution in [0.15, 0.2) is 36.5 Å². The number of amides is 2. The van der Waals surface area contributed by atoms with Crippen LogP contribution in [0.1, 0.15) is 39.7 Å². The van der Waals surface area contributed by atoms with Gasteiger partial charge >= 0.3 is 6.09 Å². The Labute approximate surface area is 176 Å². The summed E-state index contributed by atoms with van der Waals surface area (Å²) in [6, 6.07) is 8.09. The molecule has 2 aromatic rings. The minimum absolute atomic E-state index is 0.359. The standard InChI is InChI=1S/C22H29N3O5/c1-7-17(25-21(27)30-22(3,4)5)20(26)24-15-9-11-19(23-13-15)29-16-10-8-14(2)18(12-16)28-6/h8-13,17H,7H2,1-6H3,(H,24,26)(H,25,27). The second kappa shape index (κ2) is 9.96. The number of ether oxygens (including phenoxy) is 3. The topological polar surface area (TPSA) is 98.8 Å². The maximum atomic E-state index is 12.5. The lowest BCUT2D eigenvalue weighted by molar-refractivity contribution is -0.118. The maximum absolute atomic E-state index is 12.5. The number of hydrogen-bond acceptors (Lipinski definition) is 6. The van der Waals surface area contributed by atoms with Crippen LogP contribution in [0.3, 0.4) is 0 Å². The van der Waals surface area contributed by atoms with Gasteiger partial charge in [-0.15, -0.1) is 0 Å². The van der Waals surface area contributed by atoms with E-state index in [-0.39, 0.29) is 5.91 Å². The van der Waals surface area contributed by atoms with Gasteiger partial charge in [0.2, 0.25) is 11.8 Å². The SMILES string of the molecule is CCC(NC(=O)OC(C)(C)C)C(=O)Nc1ccc(Oc2ccc(C)c(OC)c2)nc1. The van der Waals surface area contributed by atoms with Gasteiger partial charge in [0.25, 0.3) is 0 Å². The molecule has 0 aliphatic rings. The van der Waals surface area contributed by atoms with Crippen LogP contribution in [-0.4, -0.2) is 35.7 Å². The van der Waals surface area contributed by atoms with Gasteiger partial charge < -0.3 is 24.8 Å². The molecule has 1 aromatic carbocycles. The average molecular weight is 415 g/mol. The molecular weight excluding hydrogens is 386 g/mol. The lowest BCUT2D eigenvalue weighted by Crippen LogP contribution is -2.45. The van der Waals surface area contributed by atoms with Crippen molar-refractivity contribution in [3.8, 4) is 17.4 Å². The number of aryl methyl sites for hydroxylation is 1. The highest BCUT2D eigenvalue weighted by atomic mass is 16.6. The monoisotopic (exact) mass is 415 g/mol. The van der Waals surface area contributed by atoms with Crippen LogP contribution < -0.4 is 20.1 Å². The molecular formula is C22H29N3O5. The van der Waals surface area contributed by atoms with E-state index in [0.717, 1.165) is 11.3 Å². The van der Waals surface area contributed by atoms with Crippen molar-refractivity contribution in [1.29, 1.82) is 0 Å². The molecule has 2 amide bonds. The van der Waals surface area contributed by atoms with Crippen LogP contribution in [0.4, 0.5) is 10.5 Å². The number of nitrogens with one attached hydrogen (secondary N) is 2. The zero-order valence-electron chi connectivity index (χ0n) is 18.2. The summed E-state index contributed by atoms with van der Waals surface area (Å²) in [5, 5.41) is 5.30. The van der Waals surface area contributed by atoms with E-state index in [2.05, 4.69) is 15.6 Å². The molecule has 2 N–H and O–H groups in total. The lowest BCUT2D eigenvalue weighted by Gasteiger charge is -2.22. The summed E-state index contributed by atoms with van der Waals surface area (Å²) in [6.45, 7) is 9.02. The first-order chi connectivity index (χ1) is 14.1. The Morgan fingerprint density at radius 2 is 1.90 bits per heavy atom. The highest BCUT2D eigenvalue weighted by Gasteiger charge is 2.23. The smallest absolute Gasteiger partial charge is 0.408 e. The molecule has 1 atom stereocenters. The normalized spacial score (nSPS) is 11.9. The molecule has 8 heteroatoms. The number of rotatable bonds is 7. The van der Waals surface area contributed by atoms with E-state index in [1.54, 1.807) is 53.0 Å². The van der Waals surface area contributed by atoms with Gasteiger partial charge in [-0.1, -0.05) is 13.0 Å². The molecule has 2 rings (SSSR count). The molecule has 1 aromatic heterocycles. The van der Waals surface area contributed by atoms with E-state index in [1.807, 2.05) is 19.1 Å². The van der Waals surface area contributed by atoms with Gasteiger partial charge in [0, 0.05) is 12.1 Å². The number of nitrogens with zero attached hydrogens (tertiary/aromatic N) is 1. The third kappa shape index (κ3) is 6.95. The summed E-state index contributed by atoms with van der Waals surface area (Å²) in [5.74, 6) is 1.33. The zero-order chi connectivity index (χ0) is 22.3. The van der Waals surface area contributed by atoms with Crippen LogP contribution in [0.5, 0.6) is 17.4 Å². The zero-order valence-corrected chi connectivity index (χ0v) is 18.2. The van der Waals surface area contributed by atoms with E-state index in [4.69, 9.17) is 14.2 Å². The van der Waals surface area contributed by atoms with Crippen LogP contribution >= 0.6 is 0 Å². The number of methoxy groups -OCH3 is 1. The van der Waals surface area contributed by atoms with E-state index in [1.165, 1.54) is 6.20 Å². The molecule has 1 heterocycles. The van der Waals surface area contributed by atoms with Gasteiger partial charge in [0.05, 0.1) is 19.0 Å². The maximum Gasteiger partial charge on any atom is 0.408 e. The van der Waals surface area contributed by atoms with E-state index in [9.17, 15) is 9.59 Å². The highest BCUT2D eigenvalue weighted by Crippen LogP contribution is 2.27. The molecule has 0 saturated heterocycles. The molecule has 8 nitrogen and oxygen atoms in total. The molecule has 0 fully saturated rings. The van der Waals surface area contributed by atoms with Crippen molar-refractivity contribution >= 4 is 17.7 Å². The Kier molecular flexibility index (Phi) is 7.63. The van der Waals surface area contributed by atoms with Crippen molar-refractivity contribution in [2.45, 2.75) is 52.7 Å². The average Bonchev–Trinajstić information content (AvgIpc) is 2.67. The Balaban J connectivity index is 1.97. The third-order valence-electron chi connectivity index (χ3n) is 4.02. The van der Waals surface area contributed by atoms with Crippen LogP contribution in [0.25, 0.3) is 0 Å². The second-order valence-corrected chi connectivity index (χ2v) is 7.71. The van der Waals surface area contributed by atoms with Gasteiger partial charge in [-0.05, 0) is 51.8 Å². The molecule has 30 heavy (non-hydrogen) atoms. The van der Waals surface area contributed by atoms with Gasteiger partial charge in [-0.2, -0.15) is 0 Å². The number of pyridine rings is 1. The van der Waals surface area contributed by atoms with E-state index >= 15 is 0 Å². The fourth-order valence-electron chi connectivity index (χ4n) is 2.53. The Morgan fingerprint density at radius 3 is 2.47 bits per heavy atom. The number of aromatic nitrogens is 1. The Morgan fingerprint density at radius 1 is 1.17 bits per heavy atom. The fraction of sp³-hybridized carbons (Fsp3) is 0.409. The summed E-state index contributed by atoms with van der Waals surface area (Å²) in [7, 11) is 1.60. The molecule has 0 saturated carbocycles. The van der Waals surface area contributed by atoms with Crippen molar-refractivity contribution in [3.05, 3.63) is 42.1 Å². The number of benzene rings is 1. The number of carbonyl (C=O) groups excluding carboxylic acids is 2. The van der Waals surface area contributed by atoms with Crippen molar-refractivity contribution < 1.29 is 23.8 Å². The van der Waals surface area contributed by atoms with Gasteiger partial charge in [0.15, 0.2) is 0 Å². The number of anilines is 1. The first-order valence-corrected chi connectivity index (χ1v) is 9.70. The predicted octanol–water partition coefficient (Wildman–Crippen LogP) is 4.43. The third-order valence-corrected chi connectivity index (χ3v) is 4.02. The number of alkyl carbamates (subject to hydrolysis) is 1. The minimum atomic E-state index is -0.726. The second-order valence-electron chi connectivity index (χ2n) is 7.71. The van der Waals surface area contributed by atoms with Crippen LogP contribution in [-0.2, 0) is 9.53 Å². The summed E-state index contributed by atoms with van der Waals surface area (Å²) in [6.07, 6.45) is 1.26. The quantitative estimate of drug-likeness (QED) is 0.694. The summed E-state index contributed by atoms with van der Waals surface area (Å²) >= 11 is 0. The van der Waals surface area contributed by atoms with Gasteiger partial charge in [0.1, 0.15) is 23.1 Å². The predicted molar refractivity (Wildman–Crippen MR) is 114 cm³/mol. The van der Waals surface area contributed by atoms with E-state index < -0.39 is 17.7 Å². The molecule has 0 radical (unpaired) electrons. The fourth-order valence-corrected chi connectivity index (χ4v) is 2.53. The summed E-state index contributed by atoms with van der Waals surface area (Å²) in [5.41, 5.74) is 0.847. The van der Waals surface area contributed by atoms with Crippen LogP contribution in [0, 0.1) is 6.92 Å².